The van der Waals surface area contributed by atoms with E-state index in [9.17, 15) is 4.79 Å². The molecule has 0 saturated carbocycles. The van der Waals surface area contributed by atoms with E-state index in [-0.39, 0.29) is 11.7 Å². The number of hydrogen-bond acceptors (Lipinski definition) is 4. The zero-order valence-corrected chi connectivity index (χ0v) is 14.9. The van der Waals surface area contributed by atoms with E-state index in [1.807, 2.05) is 0 Å². The Balaban J connectivity index is 1.95. The topological polar surface area (TPSA) is 71.2 Å². The molecule has 0 radical (unpaired) electrons. The van der Waals surface area contributed by atoms with Crippen LogP contribution in [0.2, 0.25) is 5.02 Å². The number of halogens is 1. The molecule has 0 aliphatic carbocycles. The Morgan fingerprint density at radius 3 is 2.70 bits per heavy atom. The Labute approximate surface area is 143 Å². The van der Waals surface area contributed by atoms with Crippen LogP contribution in [0.3, 0.4) is 0 Å². The van der Waals surface area contributed by atoms with Crippen LogP contribution in [0, 0.1) is 11.8 Å². The average Bonchev–Trinajstić information content (AvgIpc) is 2.51. The van der Waals surface area contributed by atoms with Crippen LogP contribution < -0.4 is 11.1 Å². The molecular weight excluding hydrogens is 312 g/mol. The fourth-order valence-corrected chi connectivity index (χ4v) is 3.18. The van der Waals surface area contributed by atoms with E-state index >= 15 is 0 Å². The van der Waals surface area contributed by atoms with Gasteiger partial charge in [-0.05, 0) is 43.8 Å². The van der Waals surface area contributed by atoms with E-state index in [0.29, 0.717) is 29.1 Å². The Bertz CT molecular complexity index is 541. The minimum atomic E-state index is -0.157. The molecule has 0 aromatic carbocycles. The van der Waals surface area contributed by atoms with E-state index in [2.05, 4.69) is 36.0 Å². The zero-order valence-electron chi connectivity index (χ0n) is 14.2. The highest BCUT2D eigenvalue weighted by Crippen LogP contribution is 2.21. The number of nitrogens with two attached hydrogens (primary N) is 1. The Morgan fingerprint density at radius 2 is 2.13 bits per heavy atom. The van der Waals surface area contributed by atoms with Gasteiger partial charge in [0.25, 0.3) is 5.91 Å². The van der Waals surface area contributed by atoms with Crippen molar-refractivity contribution in [1.82, 2.24) is 15.2 Å². The summed E-state index contributed by atoms with van der Waals surface area (Å²) in [5.41, 5.74) is 6.02. The summed E-state index contributed by atoms with van der Waals surface area (Å²) in [4.78, 5) is 18.7. The van der Waals surface area contributed by atoms with Crippen molar-refractivity contribution in [2.45, 2.75) is 39.7 Å². The number of aromatic nitrogens is 1. The van der Waals surface area contributed by atoms with Crippen molar-refractivity contribution in [3.05, 3.63) is 22.8 Å². The minimum absolute atomic E-state index is 0.157. The molecular formula is C17H27ClN4O. The number of piperidine rings is 1. The first kappa shape index (κ1) is 18.0. The molecule has 2 heterocycles. The van der Waals surface area contributed by atoms with Gasteiger partial charge in [0.15, 0.2) is 0 Å². The van der Waals surface area contributed by atoms with Crippen LogP contribution in [0.1, 0.15) is 44.0 Å². The van der Waals surface area contributed by atoms with E-state index in [4.69, 9.17) is 17.3 Å². The number of hydrogen-bond donors (Lipinski definition) is 2. The molecule has 1 fully saturated rings. The summed E-state index contributed by atoms with van der Waals surface area (Å²) in [5.74, 6) is 1.37. The molecule has 3 N–H and O–H groups in total. The standard InChI is InChI=1S/C17H27ClN4O/c1-11(2)15(22-6-4-12(3)5-7-22)10-21-17(23)13-8-14(18)16(19)20-9-13/h8-9,11-12,15H,4-7,10H2,1-3H3,(H2,19,20)(H,21,23). The average molecular weight is 339 g/mol. The number of likely N-dealkylation sites (tertiary alicyclic amines) is 1. The number of anilines is 1. The van der Waals surface area contributed by atoms with Gasteiger partial charge in [0.1, 0.15) is 5.82 Å². The van der Waals surface area contributed by atoms with Gasteiger partial charge in [-0.25, -0.2) is 4.98 Å². The van der Waals surface area contributed by atoms with Gasteiger partial charge in [0.05, 0.1) is 10.6 Å². The van der Waals surface area contributed by atoms with Gasteiger partial charge in [-0.1, -0.05) is 32.4 Å². The van der Waals surface area contributed by atoms with Crippen LogP contribution in [0.4, 0.5) is 5.82 Å². The number of nitrogen functional groups attached to an aromatic ring is 1. The van der Waals surface area contributed by atoms with Gasteiger partial charge in [0.2, 0.25) is 0 Å². The van der Waals surface area contributed by atoms with E-state index < -0.39 is 0 Å². The lowest BCUT2D eigenvalue weighted by Crippen LogP contribution is -2.49. The first-order chi connectivity index (χ1) is 10.9. The second kappa shape index (κ2) is 7.97. The van der Waals surface area contributed by atoms with Gasteiger partial charge in [-0.3, -0.25) is 9.69 Å². The third-order valence-corrected chi connectivity index (χ3v) is 4.96. The van der Waals surface area contributed by atoms with E-state index in [0.717, 1.165) is 19.0 Å². The maximum Gasteiger partial charge on any atom is 0.252 e. The summed E-state index contributed by atoms with van der Waals surface area (Å²) in [6, 6.07) is 1.91. The summed E-state index contributed by atoms with van der Waals surface area (Å²) >= 11 is 5.93. The van der Waals surface area contributed by atoms with Crippen LogP contribution in [0.15, 0.2) is 12.3 Å². The highest BCUT2D eigenvalue weighted by atomic mass is 35.5. The molecule has 2 rings (SSSR count). The van der Waals surface area contributed by atoms with Gasteiger partial charge in [-0.2, -0.15) is 0 Å². The van der Waals surface area contributed by atoms with Crippen molar-refractivity contribution in [2.24, 2.45) is 11.8 Å². The number of carbonyl (C=O) groups is 1. The Morgan fingerprint density at radius 1 is 1.48 bits per heavy atom. The van der Waals surface area contributed by atoms with Gasteiger partial charge in [0, 0.05) is 18.8 Å². The van der Waals surface area contributed by atoms with Crippen molar-refractivity contribution in [1.29, 1.82) is 0 Å². The Kier molecular flexibility index (Phi) is 6.25. The second-order valence-electron chi connectivity index (χ2n) is 6.83. The van der Waals surface area contributed by atoms with Crippen molar-refractivity contribution in [3.8, 4) is 0 Å². The van der Waals surface area contributed by atoms with Crippen LogP contribution in [0.5, 0.6) is 0 Å². The molecule has 1 saturated heterocycles. The molecule has 1 aliphatic heterocycles. The number of nitrogens with zero attached hydrogens (tertiary/aromatic N) is 2. The summed E-state index contributed by atoms with van der Waals surface area (Å²) in [7, 11) is 0. The molecule has 5 nitrogen and oxygen atoms in total. The van der Waals surface area contributed by atoms with Gasteiger partial charge >= 0.3 is 0 Å². The molecule has 1 unspecified atom stereocenters. The summed E-state index contributed by atoms with van der Waals surface area (Å²) in [6.45, 7) is 9.56. The normalized spacial score (nSPS) is 18.1. The third kappa shape index (κ3) is 4.82. The molecule has 1 amide bonds. The van der Waals surface area contributed by atoms with Crippen LogP contribution >= 0.6 is 11.6 Å². The molecule has 128 valence electrons. The predicted octanol–water partition coefficient (Wildman–Crippen LogP) is 2.80. The van der Waals surface area contributed by atoms with Crippen LogP contribution in [-0.2, 0) is 0 Å². The smallest absolute Gasteiger partial charge is 0.252 e. The molecule has 0 spiro atoms. The quantitative estimate of drug-likeness (QED) is 0.866. The maximum atomic E-state index is 12.3. The largest absolute Gasteiger partial charge is 0.382 e. The highest BCUT2D eigenvalue weighted by Gasteiger charge is 2.26. The fourth-order valence-electron chi connectivity index (χ4n) is 3.02. The van der Waals surface area contributed by atoms with E-state index in [1.165, 1.54) is 19.0 Å². The summed E-state index contributed by atoms with van der Waals surface area (Å²) in [5, 5.41) is 3.32. The summed E-state index contributed by atoms with van der Waals surface area (Å²) in [6.07, 6.45) is 3.92. The van der Waals surface area contributed by atoms with Crippen molar-refractivity contribution in [2.75, 3.05) is 25.4 Å². The highest BCUT2D eigenvalue weighted by molar-refractivity contribution is 6.33. The number of pyridine rings is 1. The second-order valence-corrected chi connectivity index (χ2v) is 7.24. The van der Waals surface area contributed by atoms with Crippen LogP contribution in [-0.4, -0.2) is 41.5 Å². The molecule has 23 heavy (non-hydrogen) atoms. The number of nitrogens with one attached hydrogen (secondary N) is 1. The Hall–Kier alpha value is -1.33. The molecule has 1 atom stereocenters. The zero-order chi connectivity index (χ0) is 17.0. The van der Waals surface area contributed by atoms with E-state index in [1.54, 1.807) is 6.07 Å². The lowest BCUT2D eigenvalue weighted by atomic mass is 9.94. The predicted molar refractivity (Wildman–Crippen MR) is 94.6 cm³/mol. The molecule has 1 aliphatic rings. The SMILES string of the molecule is CC1CCN(C(CNC(=O)c2cnc(N)c(Cl)c2)C(C)C)CC1. The molecule has 6 heteroatoms. The first-order valence-electron chi connectivity index (χ1n) is 8.31. The number of rotatable bonds is 5. The lowest BCUT2D eigenvalue weighted by Gasteiger charge is -2.38. The minimum Gasteiger partial charge on any atom is -0.382 e. The maximum absolute atomic E-state index is 12.3. The van der Waals surface area contributed by atoms with Crippen molar-refractivity contribution in [3.63, 3.8) is 0 Å². The third-order valence-electron chi connectivity index (χ3n) is 4.66. The first-order valence-corrected chi connectivity index (χ1v) is 8.69. The lowest BCUT2D eigenvalue weighted by molar-refractivity contribution is 0.0862. The summed E-state index contributed by atoms with van der Waals surface area (Å²) < 4.78 is 0. The van der Waals surface area contributed by atoms with Crippen molar-refractivity contribution >= 4 is 23.3 Å². The molecule has 1 aromatic heterocycles. The number of carbonyl (C=O) groups excluding carboxylic acids is 1. The number of amides is 1. The monoisotopic (exact) mass is 338 g/mol. The fraction of sp³-hybridized carbons (Fsp3) is 0.647. The molecule has 0 bridgehead atoms. The van der Waals surface area contributed by atoms with Gasteiger partial charge < -0.3 is 11.1 Å². The van der Waals surface area contributed by atoms with Gasteiger partial charge in [-0.15, -0.1) is 0 Å². The van der Waals surface area contributed by atoms with Crippen LogP contribution in [0.25, 0.3) is 0 Å². The molecule has 1 aromatic rings. The van der Waals surface area contributed by atoms with Crippen molar-refractivity contribution < 1.29 is 4.79 Å².